The van der Waals surface area contributed by atoms with Gasteiger partial charge in [0.15, 0.2) is 0 Å². The third kappa shape index (κ3) is 3.43. The van der Waals surface area contributed by atoms with Crippen LogP contribution >= 0.6 is 27.3 Å². The lowest BCUT2D eigenvalue weighted by atomic mass is 10.1. The molecule has 74 valence electrons. The Morgan fingerprint density at radius 1 is 1.38 bits per heavy atom. The van der Waals surface area contributed by atoms with Crippen LogP contribution in [-0.2, 0) is 6.42 Å². The minimum absolute atomic E-state index is 0.554. The zero-order valence-electron chi connectivity index (χ0n) is 8.51. The van der Waals surface area contributed by atoms with Crippen LogP contribution in [0.3, 0.4) is 0 Å². The lowest BCUT2D eigenvalue weighted by Gasteiger charge is -2.09. The van der Waals surface area contributed by atoms with E-state index in [2.05, 4.69) is 48.8 Å². The van der Waals surface area contributed by atoms with E-state index in [1.165, 1.54) is 16.2 Å². The Labute approximate surface area is 93.5 Å². The van der Waals surface area contributed by atoms with Gasteiger partial charge in [-0.2, -0.15) is 0 Å². The van der Waals surface area contributed by atoms with Gasteiger partial charge in [0.05, 0.1) is 0 Å². The average Bonchev–Trinajstić information content (AvgIpc) is 2.50. The Hall–Kier alpha value is 0.180. The third-order valence-corrected chi connectivity index (χ3v) is 4.53. The molecular formula is C11H17BrS. The summed E-state index contributed by atoms with van der Waals surface area (Å²) in [5.74, 6) is 0.761. The number of rotatable bonds is 4. The number of halogens is 1. The first-order chi connectivity index (χ1) is 6.13. The summed E-state index contributed by atoms with van der Waals surface area (Å²) >= 11 is 5.68. The van der Waals surface area contributed by atoms with Crippen molar-refractivity contribution in [3.63, 3.8) is 0 Å². The van der Waals surface area contributed by atoms with Crippen LogP contribution in [0.25, 0.3) is 0 Å². The van der Waals surface area contributed by atoms with Crippen molar-refractivity contribution in [2.75, 3.05) is 0 Å². The molecule has 0 spiro atoms. The predicted molar refractivity (Wildman–Crippen MR) is 64.8 cm³/mol. The first kappa shape index (κ1) is 11.3. The molecule has 0 aliphatic rings. The topological polar surface area (TPSA) is 0 Å². The first-order valence-corrected chi connectivity index (χ1v) is 6.59. The van der Waals surface area contributed by atoms with Crippen molar-refractivity contribution in [2.24, 2.45) is 5.92 Å². The highest BCUT2D eigenvalue weighted by molar-refractivity contribution is 9.09. The highest BCUT2D eigenvalue weighted by Crippen LogP contribution is 2.34. The molecule has 0 bridgehead atoms. The van der Waals surface area contributed by atoms with Crippen LogP contribution in [-0.4, -0.2) is 0 Å². The van der Waals surface area contributed by atoms with Gasteiger partial charge in [0.1, 0.15) is 0 Å². The summed E-state index contributed by atoms with van der Waals surface area (Å²) in [7, 11) is 0. The molecule has 0 amide bonds. The molecule has 1 heterocycles. The van der Waals surface area contributed by atoms with Gasteiger partial charge in [-0.1, -0.05) is 36.7 Å². The lowest BCUT2D eigenvalue weighted by Crippen LogP contribution is -1.92. The van der Waals surface area contributed by atoms with Crippen molar-refractivity contribution in [3.05, 3.63) is 21.9 Å². The Balaban J connectivity index is 2.60. The van der Waals surface area contributed by atoms with Gasteiger partial charge in [0, 0.05) is 14.6 Å². The second-order valence-electron chi connectivity index (χ2n) is 3.75. The molecule has 0 fully saturated rings. The fourth-order valence-electron chi connectivity index (χ4n) is 1.28. The number of thiophene rings is 1. The molecular weight excluding hydrogens is 244 g/mol. The molecule has 1 aromatic rings. The van der Waals surface area contributed by atoms with E-state index in [-0.39, 0.29) is 0 Å². The van der Waals surface area contributed by atoms with Gasteiger partial charge in [-0.15, -0.1) is 11.3 Å². The molecule has 1 rings (SSSR count). The average molecular weight is 261 g/mol. The lowest BCUT2D eigenvalue weighted by molar-refractivity contribution is 0.587. The Morgan fingerprint density at radius 2 is 2.08 bits per heavy atom. The van der Waals surface area contributed by atoms with E-state index in [0.717, 1.165) is 12.3 Å². The molecule has 1 unspecified atom stereocenters. The first-order valence-electron chi connectivity index (χ1n) is 4.86. The van der Waals surface area contributed by atoms with Crippen LogP contribution in [0.15, 0.2) is 12.1 Å². The van der Waals surface area contributed by atoms with Gasteiger partial charge in [-0.3, -0.25) is 0 Å². The standard InChI is InChI=1S/C11H17BrS/c1-4-9-5-6-11(13-9)10(12)7-8(2)3/h5-6,8,10H,4,7H2,1-3H3. The number of aryl methyl sites for hydroxylation is 1. The van der Waals surface area contributed by atoms with Gasteiger partial charge in [0.2, 0.25) is 0 Å². The predicted octanol–water partition coefficient (Wildman–Crippen LogP) is 4.79. The molecule has 13 heavy (non-hydrogen) atoms. The van der Waals surface area contributed by atoms with Gasteiger partial charge in [-0.25, -0.2) is 0 Å². The molecule has 2 heteroatoms. The van der Waals surface area contributed by atoms with Crippen LogP contribution in [0.4, 0.5) is 0 Å². The SMILES string of the molecule is CCc1ccc(C(Br)CC(C)C)s1. The zero-order chi connectivity index (χ0) is 9.84. The Kier molecular flexibility index (Phi) is 4.47. The van der Waals surface area contributed by atoms with E-state index < -0.39 is 0 Å². The molecule has 0 aliphatic heterocycles. The van der Waals surface area contributed by atoms with Crippen LogP contribution in [0.5, 0.6) is 0 Å². The zero-order valence-corrected chi connectivity index (χ0v) is 10.9. The largest absolute Gasteiger partial charge is 0.144 e. The van der Waals surface area contributed by atoms with Crippen molar-refractivity contribution in [1.82, 2.24) is 0 Å². The van der Waals surface area contributed by atoms with Gasteiger partial charge in [0.25, 0.3) is 0 Å². The van der Waals surface area contributed by atoms with E-state index in [1.807, 2.05) is 11.3 Å². The molecule has 0 saturated carbocycles. The maximum atomic E-state index is 3.74. The fraction of sp³-hybridized carbons (Fsp3) is 0.636. The summed E-state index contributed by atoms with van der Waals surface area (Å²) < 4.78 is 0. The van der Waals surface area contributed by atoms with E-state index >= 15 is 0 Å². The summed E-state index contributed by atoms with van der Waals surface area (Å²) in [6.45, 7) is 6.74. The highest BCUT2D eigenvalue weighted by atomic mass is 79.9. The van der Waals surface area contributed by atoms with Crippen LogP contribution < -0.4 is 0 Å². The summed E-state index contributed by atoms with van der Waals surface area (Å²) in [6, 6.07) is 4.50. The monoisotopic (exact) mass is 260 g/mol. The third-order valence-electron chi connectivity index (χ3n) is 2.02. The normalized spacial score (nSPS) is 13.6. The summed E-state index contributed by atoms with van der Waals surface area (Å²) in [5, 5.41) is 0. The van der Waals surface area contributed by atoms with Gasteiger partial charge < -0.3 is 0 Å². The Bertz CT molecular complexity index is 252. The van der Waals surface area contributed by atoms with E-state index in [4.69, 9.17) is 0 Å². The van der Waals surface area contributed by atoms with Gasteiger partial charge >= 0.3 is 0 Å². The maximum absolute atomic E-state index is 3.74. The summed E-state index contributed by atoms with van der Waals surface area (Å²) in [5.41, 5.74) is 0. The molecule has 1 atom stereocenters. The molecule has 0 nitrogen and oxygen atoms in total. The molecule has 0 aromatic carbocycles. The minimum atomic E-state index is 0.554. The van der Waals surface area contributed by atoms with Crippen molar-refractivity contribution in [2.45, 2.75) is 38.4 Å². The van der Waals surface area contributed by atoms with E-state index in [1.54, 1.807) is 0 Å². The van der Waals surface area contributed by atoms with E-state index in [9.17, 15) is 0 Å². The molecule has 0 saturated heterocycles. The van der Waals surface area contributed by atoms with Gasteiger partial charge in [-0.05, 0) is 30.9 Å². The van der Waals surface area contributed by atoms with Crippen molar-refractivity contribution in [3.8, 4) is 0 Å². The van der Waals surface area contributed by atoms with Crippen LogP contribution in [0.1, 0.15) is 41.8 Å². The molecule has 0 radical (unpaired) electrons. The summed E-state index contributed by atoms with van der Waals surface area (Å²) in [4.78, 5) is 3.52. The van der Waals surface area contributed by atoms with Crippen molar-refractivity contribution in [1.29, 1.82) is 0 Å². The fourth-order valence-corrected chi connectivity index (χ4v) is 3.41. The minimum Gasteiger partial charge on any atom is -0.144 e. The highest BCUT2D eigenvalue weighted by Gasteiger charge is 2.11. The van der Waals surface area contributed by atoms with E-state index in [0.29, 0.717) is 4.83 Å². The second kappa shape index (κ2) is 5.16. The Morgan fingerprint density at radius 3 is 2.54 bits per heavy atom. The van der Waals surface area contributed by atoms with Crippen molar-refractivity contribution < 1.29 is 0 Å². The summed E-state index contributed by atoms with van der Waals surface area (Å²) in [6.07, 6.45) is 2.38. The number of hydrogen-bond acceptors (Lipinski definition) is 1. The number of hydrogen-bond donors (Lipinski definition) is 0. The molecule has 0 N–H and O–H groups in total. The second-order valence-corrected chi connectivity index (χ2v) is 6.06. The maximum Gasteiger partial charge on any atom is 0.0491 e. The van der Waals surface area contributed by atoms with Crippen LogP contribution in [0.2, 0.25) is 0 Å². The smallest absolute Gasteiger partial charge is 0.0491 e. The number of alkyl halides is 1. The molecule has 1 aromatic heterocycles. The molecule has 0 aliphatic carbocycles. The quantitative estimate of drug-likeness (QED) is 0.683. The van der Waals surface area contributed by atoms with Crippen LogP contribution in [0, 0.1) is 5.92 Å². The van der Waals surface area contributed by atoms with Crippen molar-refractivity contribution >= 4 is 27.3 Å².